The van der Waals surface area contributed by atoms with Crippen LogP contribution in [0.4, 0.5) is 10.5 Å². The number of pyridine rings is 1. The molecule has 1 aliphatic rings. The Morgan fingerprint density at radius 2 is 1.93 bits per heavy atom. The summed E-state index contributed by atoms with van der Waals surface area (Å²) in [6, 6.07) is 3.81. The van der Waals surface area contributed by atoms with Crippen molar-refractivity contribution in [2.24, 2.45) is 0 Å². The van der Waals surface area contributed by atoms with E-state index in [9.17, 15) is 9.59 Å². The molecule has 0 unspecified atom stereocenters. The van der Waals surface area contributed by atoms with Gasteiger partial charge in [-0.25, -0.2) is 4.79 Å². The summed E-state index contributed by atoms with van der Waals surface area (Å²) in [5.41, 5.74) is 0.774. The molecular weight excluding hydrogens is 346 g/mol. The number of esters is 1. The number of anilines is 1. The number of hydrogen-bond acceptors (Lipinski definition) is 6. The van der Waals surface area contributed by atoms with Crippen LogP contribution < -0.4 is 4.90 Å². The third kappa shape index (κ3) is 5.84. The Morgan fingerprint density at radius 3 is 2.44 bits per heavy atom. The summed E-state index contributed by atoms with van der Waals surface area (Å²) in [5, 5.41) is 0. The van der Waals surface area contributed by atoms with Gasteiger partial charge in [-0.2, -0.15) is 0 Å². The predicted molar refractivity (Wildman–Crippen MR) is 104 cm³/mol. The molecule has 0 atom stereocenters. The van der Waals surface area contributed by atoms with Gasteiger partial charge in [-0.3, -0.25) is 14.7 Å². The Hall–Kier alpha value is -2.31. The molecule has 7 heteroatoms. The number of nitrogens with zero attached hydrogens (tertiary/aromatic N) is 3. The second kappa shape index (κ2) is 8.15. The maximum Gasteiger partial charge on any atom is 0.410 e. The van der Waals surface area contributed by atoms with E-state index in [0.717, 1.165) is 5.69 Å². The lowest BCUT2D eigenvalue weighted by Crippen LogP contribution is -2.61. The van der Waals surface area contributed by atoms with Crippen LogP contribution >= 0.6 is 0 Å². The summed E-state index contributed by atoms with van der Waals surface area (Å²) in [6.07, 6.45) is 1.66. The van der Waals surface area contributed by atoms with Crippen molar-refractivity contribution < 1.29 is 19.1 Å². The molecule has 1 aromatic rings. The smallest absolute Gasteiger partial charge is 0.410 e. The van der Waals surface area contributed by atoms with Crippen molar-refractivity contribution in [3.05, 3.63) is 24.0 Å². The van der Waals surface area contributed by atoms with Crippen molar-refractivity contribution in [1.29, 1.82) is 0 Å². The van der Waals surface area contributed by atoms with Gasteiger partial charge in [-0.05, 0) is 53.7 Å². The summed E-state index contributed by atoms with van der Waals surface area (Å²) in [7, 11) is 0. The molecule has 0 aromatic carbocycles. The van der Waals surface area contributed by atoms with Crippen LogP contribution in [0.15, 0.2) is 18.3 Å². The first-order chi connectivity index (χ1) is 12.5. The zero-order chi connectivity index (χ0) is 20.2. The van der Waals surface area contributed by atoms with Gasteiger partial charge in [0.1, 0.15) is 5.60 Å². The molecule has 0 saturated carbocycles. The van der Waals surface area contributed by atoms with E-state index in [1.165, 1.54) is 0 Å². The topological polar surface area (TPSA) is 72.0 Å². The Labute approximate surface area is 161 Å². The number of aromatic nitrogens is 1. The number of ether oxygens (including phenoxy) is 2. The molecule has 150 valence electrons. The summed E-state index contributed by atoms with van der Waals surface area (Å²) < 4.78 is 10.5. The zero-order valence-electron chi connectivity index (χ0n) is 17.2. The van der Waals surface area contributed by atoms with E-state index in [0.29, 0.717) is 31.9 Å². The monoisotopic (exact) mass is 377 g/mol. The van der Waals surface area contributed by atoms with Crippen LogP contribution in [0.1, 0.15) is 47.2 Å². The van der Waals surface area contributed by atoms with Gasteiger partial charge in [0.2, 0.25) is 0 Å². The van der Waals surface area contributed by atoms with E-state index < -0.39 is 5.60 Å². The zero-order valence-corrected chi connectivity index (χ0v) is 17.2. The highest BCUT2D eigenvalue weighted by atomic mass is 16.6. The quantitative estimate of drug-likeness (QED) is 0.751. The first-order valence-electron chi connectivity index (χ1n) is 9.38. The molecule has 1 aliphatic heterocycles. The van der Waals surface area contributed by atoms with Crippen LogP contribution in [0.5, 0.6) is 0 Å². The standard InChI is InChI=1S/C20H31N3O4/c1-7-26-17(24)12-15-8-9-16(13-21-15)22-10-11-23(20(5,6)14-22)18(25)27-19(2,3)4/h8-9,13H,7,10-12,14H2,1-6H3. The highest BCUT2D eigenvalue weighted by Gasteiger charge is 2.39. The fourth-order valence-corrected chi connectivity index (χ4v) is 3.10. The lowest BCUT2D eigenvalue weighted by Gasteiger charge is -2.47. The van der Waals surface area contributed by atoms with E-state index in [4.69, 9.17) is 9.47 Å². The molecule has 1 saturated heterocycles. The maximum atomic E-state index is 12.5. The second-order valence-electron chi connectivity index (χ2n) is 8.36. The van der Waals surface area contributed by atoms with E-state index >= 15 is 0 Å². The molecule has 0 radical (unpaired) electrons. The molecule has 2 heterocycles. The molecular formula is C20H31N3O4. The number of carbonyl (C=O) groups excluding carboxylic acids is 2. The number of hydrogen-bond donors (Lipinski definition) is 0. The minimum absolute atomic E-state index is 0.173. The van der Waals surface area contributed by atoms with Crippen molar-refractivity contribution in [1.82, 2.24) is 9.88 Å². The molecule has 0 N–H and O–H groups in total. The van der Waals surface area contributed by atoms with Crippen molar-refractivity contribution >= 4 is 17.7 Å². The molecule has 27 heavy (non-hydrogen) atoms. The third-order valence-electron chi connectivity index (χ3n) is 4.32. The van der Waals surface area contributed by atoms with E-state index in [1.807, 2.05) is 46.8 Å². The normalized spacial score (nSPS) is 16.8. The molecule has 0 bridgehead atoms. The number of carbonyl (C=O) groups is 2. The Bertz CT molecular complexity index is 665. The molecule has 1 aromatic heterocycles. The molecule has 7 nitrogen and oxygen atoms in total. The largest absolute Gasteiger partial charge is 0.466 e. The molecule has 0 aliphatic carbocycles. The maximum absolute atomic E-state index is 12.5. The van der Waals surface area contributed by atoms with Gasteiger partial charge in [0.15, 0.2) is 0 Å². The molecule has 2 rings (SSSR count). The Kier molecular flexibility index (Phi) is 6.34. The first-order valence-corrected chi connectivity index (χ1v) is 9.38. The average Bonchev–Trinajstić information content (AvgIpc) is 2.53. The lowest BCUT2D eigenvalue weighted by atomic mass is 9.99. The van der Waals surface area contributed by atoms with Crippen molar-refractivity contribution in [3.63, 3.8) is 0 Å². The van der Waals surface area contributed by atoms with Gasteiger partial charge in [-0.1, -0.05) is 0 Å². The van der Waals surface area contributed by atoms with Crippen molar-refractivity contribution in [3.8, 4) is 0 Å². The highest BCUT2D eigenvalue weighted by molar-refractivity contribution is 5.72. The summed E-state index contributed by atoms with van der Waals surface area (Å²) in [6.45, 7) is 13.8. The number of amides is 1. The number of piperazine rings is 1. The average molecular weight is 377 g/mol. The van der Waals surface area contributed by atoms with Crippen LogP contribution in [-0.4, -0.2) is 59.3 Å². The third-order valence-corrected chi connectivity index (χ3v) is 4.32. The molecule has 1 amide bonds. The second-order valence-corrected chi connectivity index (χ2v) is 8.36. The van der Waals surface area contributed by atoms with Gasteiger partial charge in [-0.15, -0.1) is 0 Å². The summed E-state index contributed by atoms with van der Waals surface area (Å²) >= 11 is 0. The van der Waals surface area contributed by atoms with E-state index in [1.54, 1.807) is 18.0 Å². The summed E-state index contributed by atoms with van der Waals surface area (Å²) in [4.78, 5) is 32.4. The van der Waals surface area contributed by atoms with E-state index in [2.05, 4.69) is 9.88 Å². The van der Waals surface area contributed by atoms with Gasteiger partial charge in [0.25, 0.3) is 0 Å². The Morgan fingerprint density at radius 1 is 1.22 bits per heavy atom. The SMILES string of the molecule is CCOC(=O)Cc1ccc(N2CCN(C(=O)OC(C)(C)C)C(C)(C)C2)cn1. The van der Waals surface area contributed by atoms with Crippen LogP contribution in [0.25, 0.3) is 0 Å². The van der Waals surface area contributed by atoms with Gasteiger partial charge in [0, 0.05) is 19.6 Å². The minimum Gasteiger partial charge on any atom is -0.466 e. The van der Waals surface area contributed by atoms with Crippen LogP contribution in [0.2, 0.25) is 0 Å². The van der Waals surface area contributed by atoms with Gasteiger partial charge in [0.05, 0.1) is 36.1 Å². The predicted octanol–water partition coefficient (Wildman–Crippen LogP) is 3.02. The van der Waals surface area contributed by atoms with Gasteiger partial charge < -0.3 is 14.4 Å². The van der Waals surface area contributed by atoms with E-state index in [-0.39, 0.29) is 24.0 Å². The fraction of sp³-hybridized carbons (Fsp3) is 0.650. The highest BCUT2D eigenvalue weighted by Crippen LogP contribution is 2.27. The van der Waals surface area contributed by atoms with Crippen molar-refractivity contribution in [2.75, 3.05) is 31.1 Å². The minimum atomic E-state index is -0.511. The van der Waals surface area contributed by atoms with Crippen LogP contribution in [0, 0.1) is 0 Å². The fourth-order valence-electron chi connectivity index (χ4n) is 3.10. The Balaban J connectivity index is 2.02. The van der Waals surface area contributed by atoms with Gasteiger partial charge >= 0.3 is 12.1 Å². The lowest BCUT2D eigenvalue weighted by molar-refractivity contribution is -0.142. The first kappa shape index (κ1) is 21.0. The van der Waals surface area contributed by atoms with Crippen LogP contribution in [0.3, 0.4) is 0 Å². The molecule has 1 fully saturated rings. The summed E-state index contributed by atoms with van der Waals surface area (Å²) in [5.74, 6) is -0.273. The number of rotatable bonds is 4. The van der Waals surface area contributed by atoms with Crippen LogP contribution in [-0.2, 0) is 20.7 Å². The molecule has 0 spiro atoms. The van der Waals surface area contributed by atoms with Crippen molar-refractivity contribution in [2.45, 2.75) is 59.1 Å².